The summed E-state index contributed by atoms with van der Waals surface area (Å²) in [6.45, 7) is 6.44. The smallest absolute Gasteiger partial charge is 0.185 e. The molecule has 3 aromatic rings. The summed E-state index contributed by atoms with van der Waals surface area (Å²) in [5.74, 6) is 0.0534. The van der Waals surface area contributed by atoms with E-state index in [0.717, 1.165) is 11.1 Å². The number of benzene rings is 3. The molecule has 3 rings (SSSR count). The number of rotatable bonds is 7. The van der Waals surface area contributed by atoms with E-state index in [1.54, 1.807) is 0 Å². The second-order valence-corrected chi connectivity index (χ2v) is 12.7. The first-order valence-electron chi connectivity index (χ1n) is 9.40. The fraction of sp³-hybridized carbons (Fsp3) is 0.208. The third-order valence-corrected chi connectivity index (χ3v) is 5.75. The molecule has 0 spiro atoms. The van der Waals surface area contributed by atoms with Crippen molar-refractivity contribution < 1.29 is 9.22 Å². The van der Waals surface area contributed by atoms with Crippen LogP contribution in [-0.4, -0.2) is 14.1 Å². The van der Waals surface area contributed by atoms with Crippen molar-refractivity contribution >= 4 is 25.7 Å². The predicted molar refractivity (Wildman–Crippen MR) is 118 cm³/mol. The number of Topliss-reactive ketones (excluding diaryl/α,β-unsaturated/α-hetero) is 1. The quantitative estimate of drug-likeness (QED) is 0.321. The number of ketones is 1. The highest BCUT2D eigenvalue weighted by Crippen LogP contribution is 2.41. The summed E-state index contributed by atoms with van der Waals surface area (Å²) >= 11 is 6.14. The highest BCUT2D eigenvalue weighted by molar-refractivity contribution is 6.69. The van der Waals surface area contributed by atoms with Crippen LogP contribution in [0.3, 0.4) is 0 Å². The first kappa shape index (κ1) is 20.5. The molecule has 0 aliphatic carbocycles. The molecule has 0 fully saturated rings. The molecule has 0 aliphatic rings. The Hall–Kier alpha value is -2.20. The molecule has 0 saturated heterocycles. The Labute approximate surface area is 173 Å². The maximum atomic E-state index is 13.3. The van der Waals surface area contributed by atoms with E-state index in [0.29, 0.717) is 10.6 Å². The van der Waals surface area contributed by atoms with Gasteiger partial charge in [-0.1, -0.05) is 84.4 Å². The zero-order valence-electron chi connectivity index (χ0n) is 16.5. The SMILES string of the molecule is C[Si](C)(C)OC(CC(=O)c1ccccc1)(c1ccccc1)c1ccc(Cl)cc1. The molecule has 4 heteroatoms. The molecule has 28 heavy (non-hydrogen) atoms. The van der Waals surface area contributed by atoms with Gasteiger partial charge in [0, 0.05) is 17.0 Å². The minimum Gasteiger partial charge on any atom is -0.404 e. The van der Waals surface area contributed by atoms with Gasteiger partial charge < -0.3 is 4.43 Å². The van der Waals surface area contributed by atoms with Crippen molar-refractivity contribution in [2.24, 2.45) is 0 Å². The third kappa shape index (κ3) is 4.79. The van der Waals surface area contributed by atoms with Gasteiger partial charge in [0.2, 0.25) is 0 Å². The number of hydrogen-bond acceptors (Lipinski definition) is 2. The van der Waals surface area contributed by atoms with Crippen molar-refractivity contribution in [3.63, 3.8) is 0 Å². The van der Waals surface area contributed by atoms with E-state index in [1.807, 2.05) is 84.9 Å². The highest BCUT2D eigenvalue weighted by atomic mass is 35.5. The van der Waals surface area contributed by atoms with Crippen LogP contribution in [-0.2, 0) is 10.0 Å². The molecule has 0 aliphatic heterocycles. The summed E-state index contributed by atoms with van der Waals surface area (Å²) in [7, 11) is -2.02. The molecular weight excluding hydrogens is 384 g/mol. The topological polar surface area (TPSA) is 26.3 Å². The Morgan fingerprint density at radius 1 is 0.821 bits per heavy atom. The predicted octanol–water partition coefficient (Wildman–Crippen LogP) is 6.71. The zero-order chi connectivity index (χ0) is 20.2. The maximum Gasteiger partial charge on any atom is 0.185 e. The zero-order valence-corrected chi connectivity index (χ0v) is 18.2. The van der Waals surface area contributed by atoms with E-state index in [-0.39, 0.29) is 12.2 Å². The first-order chi connectivity index (χ1) is 13.3. The molecule has 2 nitrogen and oxygen atoms in total. The summed E-state index contributed by atoms with van der Waals surface area (Å²) in [6.07, 6.45) is 0.229. The Balaban J connectivity index is 2.17. The number of carbonyl (C=O) groups excluding carboxylic acids is 1. The van der Waals surface area contributed by atoms with E-state index < -0.39 is 13.9 Å². The molecule has 1 unspecified atom stereocenters. The Kier molecular flexibility index (Phi) is 6.19. The van der Waals surface area contributed by atoms with Gasteiger partial charge in [0.15, 0.2) is 14.1 Å². The van der Waals surface area contributed by atoms with Crippen LogP contribution in [0.5, 0.6) is 0 Å². The van der Waals surface area contributed by atoms with Crippen molar-refractivity contribution in [1.82, 2.24) is 0 Å². The van der Waals surface area contributed by atoms with E-state index in [9.17, 15) is 4.79 Å². The lowest BCUT2D eigenvalue weighted by atomic mass is 9.81. The minimum absolute atomic E-state index is 0.0534. The number of hydrogen-bond donors (Lipinski definition) is 0. The van der Waals surface area contributed by atoms with Crippen LogP contribution in [0.25, 0.3) is 0 Å². The largest absolute Gasteiger partial charge is 0.404 e. The fourth-order valence-electron chi connectivity index (χ4n) is 3.43. The van der Waals surface area contributed by atoms with Gasteiger partial charge >= 0.3 is 0 Å². The van der Waals surface area contributed by atoms with Gasteiger partial charge in [0.05, 0.1) is 0 Å². The molecular formula is C24H25ClO2Si. The lowest BCUT2D eigenvalue weighted by Gasteiger charge is -2.40. The minimum atomic E-state index is -2.02. The molecule has 0 radical (unpaired) electrons. The molecule has 0 bridgehead atoms. The van der Waals surface area contributed by atoms with E-state index in [1.165, 1.54) is 0 Å². The molecule has 0 saturated carbocycles. The first-order valence-corrected chi connectivity index (χ1v) is 13.2. The van der Waals surface area contributed by atoms with Crippen molar-refractivity contribution in [2.75, 3.05) is 0 Å². The average molecular weight is 409 g/mol. The Bertz CT molecular complexity index is 918. The van der Waals surface area contributed by atoms with Crippen LogP contribution in [0.15, 0.2) is 84.9 Å². The van der Waals surface area contributed by atoms with Gasteiger partial charge in [-0.15, -0.1) is 0 Å². The molecule has 0 N–H and O–H groups in total. The lowest BCUT2D eigenvalue weighted by Crippen LogP contribution is -2.43. The van der Waals surface area contributed by atoms with Gasteiger partial charge in [-0.3, -0.25) is 4.79 Å². The van der Waals surface area contributed by atoms with Crippen LogP contribution in [0.1, 0.15) is 27.9 Å². The lowest BCUT2D eigenvalue weighted by molar-refractivity contribution is 0.0688. The van der Waals surface area contributed by atoms with Gasteiger partial charge in [-0.05, 0) is 42.9 Å². The van der Waals surface area contributed by atoms with E-state index in [2.05, 4.69) is 19.6 Å². The average Bonchev–Trinajstić information content (AvgIpc) is 2.68. The number of carbonyl (C=O) groups is 1. The normalized spacial score (nSPS) is 13.7. The van der Waals surface area contributed by atoms with Gasteiger partial charge in [0.25, 0.3) is 0 Å². The monoisotopic (exact) mass is 408 g/mol. The van der Waals surface area contributed by atoms with Crippen molar-refractivity contribution in [1.29, 1.82) is 0 Å². The Morgan fingerprint density at radius 2 is 1.32 bits per heavy atom. The summed E-state index contributed by atoms with van der Waals surface area (Å²) in [5.41, 5.74) is 1.75. The van der Waals surface area contributed by atoms with Crippen LogP contribution >= 0.6 is 11.6 Å². The van der Waals surface area contributed by atoms with Gasteiger partial charge in [-0.25, -0.2) is 0 Å². The standard InChI is InChI=1S/C24H25ClO2Si/c1-28(2,3)27-24(20-12-8-5-9-13-20,21-14-16-22(25)17-15-21)18-23(26)19-10-6-4-7-11-19/h4-17H,18H2,1-3H3. The maximum absolute atomic E-state index is 13.3. The van der Waals surface area contributed by atoms with E-state index in [4.69, 9.17) is 16.0 Å². The fourth-order valence-corrected chi connectivity index (χ4v) is 4.91. The van der Waals surface area contributed by atoms with Crippen LogP contribution in [0, 0.1) is 0 Å². The molecule has 1 atom stereocenters. The van der Waals surface area contributed by atoms with Gasteiger partial charge in [-0.2, -0.15) is 0 Å². The molecule has 0 amide bonds. The van der Waals surface area contributed by atoms with Crippen molar-refractivity contribution in [3.05, 3.63) is 107 Å². The van der Waals surface area contributed by atoms with Crippen LogP contribution in [0.2, 0.25) is 24.7 Å². The number of halogens is 1. The summed E-state index contributed by atoms with van der Waals surface area (Å²) in [6, 6.07) is 27.1. The summed E-state index contributed by atoms with van der Waals surface area (Å²) in [4.78, 5) is 13.3. The molecule has 3 aromatic carbocycles. The van der Waals surface area contributed by atoms with Crippen LogP contribution in [0.4, 0.5) is 0 Å². The summed E-state index contributed by atoms with van der Waals surface area (Å²) < 4.78 is 6.80. The molecule has 0 heterocycles. The highest BCUT2D eigenvalue weighted by Gasteiger charge is 2.41. The molecule has 144 valence electrons. The molecule has 0 aromatic heterocycles. The summed E-state index contributed by atoms with van der Waals surface area (Å²) in [5, 5.41) is 0.660. The Morgan fingerprint density at radius 3 is 1.86 bits per heavy atom. The van der Waals surface area contributed by atoms with Crippen molar-refractivity contribution in [2.45, 2.75) is 31.7 Å². The van der Waals surface area contributed by atoms with Crippen LogP contribution < -0.4 is 0 Å². The van der Waals surface area contributed by atoms with Gasteiger partial charge in [0.1, 0.15) is 5.60 Å². The second-order valence-electron chi connectivity index (χ2n) is 7.88. The second kappa shape index (κ2) is 8.44. The third-order valence-electron chi connectivity index (χ3n) is 4.54. The van der Waals surface area contributed by atoms with E-state index >= 15 is 0 Å². The van der Waals surface area contributed by atoms with Crippen molar-refractivity contribution in [3.8, 4) is 0 Å².